The molecular formula is C30H50O6. The summed E-state index contributed by atoms with van der Waals surface area (Å²) in [6.07, 6.45) is 5.21. The molecule has 3 rings (SSSR count). The number of carbonyl (C=O) groups is 2. The summed E-state index contributed by atoms with van der Waals surface area (Å²) in [4.78, 5) is 25.6. The lowest BCUT2D eigenvalue weighted by Crippen LogP contribution is -2.65. The number of Topliss-reactive ketones (excluding diaryl/α,β-unsaturated/α-hetero) is 1. The van der Waals surface area contributed by atoms with Crippen LogP contribution in [0.5, 0.6) is 0 Å². The van der Waals surface area contributed by atoms with E-state index in [0.29, 0.717) is 55.1 Å². The molecule has 6 heteroatoms. The van der Waals surface area contributed by atoms with E-state index in [-0.39, 0.29) is 29.5 Å². The largest absolute Gasteiger partial charge is 0.466 e. The van der Waals surface area contributed by atoms with E-state index >= 15 is 0 Å². The normalized spacial score (nSPS) is 40.5. The van der Waals surface area contributed by atoms with E-state index < -0.39 is 23.2 Å². The van der Waals surface area contributed by atoms with Crippen molar-refractivity contribution in [2.24, 2.45) is 40.4 Å². The highest BCUT2D eigenvalue weighted by Gasteiger charge is 2.63. The zero-order chi connectivity index (χ0) is 27.1. The molecule has 36 heavy (non-hydrogen) atoms. The third-order valence-electron chi connectivity index (χ3n) is 10.7. The lowest BCUT2D eigenvalue weighted by atomic mass is 9.53. The molecule has 0 heterocycles. The average molecular weight is 507 g/mol. The molecular weight excluding hydrogens is 456 g/mol. The number of fused-ring (bicyclic) bond motifs is 1. The first-order valence-electron chi connectivity index (χ1n) is 14.2. The van der Waals surface area contributed by atoms with Gasteiger partial charge in [-0.05, 0) is 85.7 Å². The molecule has 0 aromatic rings. The number of aliphatic hydroxyl groups is 3. The number of carbonyl (C=O) groups excluding carboxylic acids is 2. The minimum Gasteiger partial charge on any atom is -0.466 e. The predicted octanol–water partition coefficient (Wildman–Crippen LogP) is 4.83. The highest BCUT2D eigenvalue weighted by atomic mass is 16.5. The molecule has 0 aliphatic heterocycles. The van der Waals surface area contributed by atoms with Gasteiger partial charge in [-0.3, -0.25) is 9.59 Å². The van der Waals surface area contributed by atoms with Crippen LogP contribution in [0.2, 0.25) is 0 Å². The number of aliphatic hydroxyl groups excluding tert-OH is 2. The van der Waals surface area contributed by atoms with Gasteiger partial charge < -0.3 is 20.1 Å². The van der Waals surface area contributed by atoms with Gasteiger partial charge >= 0.3 is 5.97 Å². The number of esters is 1. The first-order valence-corrected chi connectivity index (χ1v) is 14.2. The van der Waals surface area contributed by atoms with Gasteiger partial charge in [0.1, 0.15) is 11.7 Å². The number of ketones is 1. The van der Waals surface area contributed by atoms with Gasteiger partial charge in [0.05, 0.1) is 18.1 Å². The van der Waals surface area contributed by atoms with Gasteiger partial charge in [0.15, 0.2) is 5.78 Å². The first-order chi connectivity index (χ1) is 16.7. The summed E-state index contributed by atoms with van der Waals surface area (Å²) in [5.41, 5.74) is -2.42. The molecule has 3 aliphatic carbocycles. The van der Waals surface area contributed by atoms with E-state index in [1.807, 2.05) is 0 Å². The smallest absolute Gasteiger partial charge is 0.302 e. The third-order valence-corrected chi connectivity index (χ3v) is 10.7. The molecule has 0 unspecified atom stereocenters. The minimum absolute atomic E-state index is 0.00225. The SMILES string of the molecule is CC(=O)OCC[C@]1(C)[C@@H]([C@H](C)CC[C@H](C)C(C)C)CC[C@H]1C1=C[C@H](O)[C@@]2(O)C[C@@H](O)CC[C@]2(C)C1=O. The minimum atomic E-state index is -1.66. The molecule has 3 aliphatic rings. The Morgan fingerprint density at radius 3 is 2.39 bits per heavy atom. The van der Waals surface area contributed by atoms with E-state index in [4.69, 9.17) is 4.74 Å². The van der Waals surface area contributed by atoms with Crippen LogP contribution in [0.3, 0.4) is 0 Å². The Labute approximate surface area is 217 Å². The van der Waals surface area contributed by atoms with Gasteiger partial charge in [-0.25, -0.2) is 0 Å². The molecule has 206 valence electrons. The van der Waals surface area contributed by atoms with Crippen LogP contribution in [-0.2, 0) is 14.3 Å². The monoisotopic (exact) mass is 506 g/mol. The predicted molar refractivity (Wildman–Crippen MR) is 140 cm³/mol. The number of allylic oxidation sites excluding steroid dienone is 1. The fourth-order valence-electron chi connectivity index (χ4n) is 7.64. The van der Waals surface area contributed by atoms with Crippen molar-refractivity contribution in [3.05, 3.63) is 11.6 Å². The van der Waals surface area contributed by atoms with E-state index in [1.54, 1.807) is 13.0 Å². The maximum Gasteiger partial charge on any atom is 0.302 e. The maximum absolute atomic E-state index is 14.1. The Balaban J connectivity index is 1.92. The van der Waals surface area contributed by atoms with Crippen molar-refractivity contribution in [1.29, 1.82) is 0 Å². The Bertz CT molecular complexity index is 850. The summed E-state index contributed by atoms with van der Waals surface area (Å²) in [7, 11) is 0. The standard InChI is InChI=1S/C30H50O6/c1-18(2)19(3)8-9-20(4)24-10-11-25(28(24,6)14-15-36-21(5)31)23-16-26(33)30(35)17-22(32)12-13-29(30,7)27(23)34/h16,18-20,22,24-26,32-33,35H,8-15,17H2,1-7H3/t19-,20+,22-,24+,25-,26-,28+,29+,30-/m0/s1. The van der Waals surface area contributed by atoms with Crippen molar-refractivity contribution in [2.45, 2.75) is 118 Å². The number of hydrogen-bond donors (Lipinski definition) is 3. The second-order valence-corrected chi connectivity index (χ2v) is 13.2. The Morgan fingerprint density at radius 1 is 1.11 bits per heavy atom. The zero-order valence-corrected chi connectivity index (χ0v) is 23.5. The second-order valence-electron chi connectivity index (χ2n) is 13.2. The van der Waals surface area contributed by atoms with Crippen molar-refractivity contribution in [2.75, 3.05) is 6.61 Å². The van der Waals surface area contributed by atoms with Crippen LogP contribution in [0.4, 0.5) is 0 Å². The second kappa shape index (κ2) is 10.9. The van der Waals surface area contributed by atoms with Crippen LogP contribution in [0.15, 0.2) is 11.6 Å². The molecule has 0 amide bonds. The van der Waals surface area contributed by atoms with Crippen LogP contribution in [0, 0.1) is 40.4 Å². The van der Waals surface area contributed by atoms with E-state index in [1.165, 1.54) is 6.92 Å². The van der Waals surface area contributed by atoms with E-state index in [0.717, 1.165) is 25.7 Å². The highest BCUT2D eigenvalue weighted by molar-refractivity contribution is 6.02. The molecule has 2 saturated carbocycles. The van der Waals surface area contributed by atoms with Gasteiger partial charge in [0, 0.05) is 13.3 Å². The molecule has 2 fully saturated rings. The molecule has 0 bridgehead atoms. The average Bonchev–Trinajstić information content (AvgIpc) is 3.13. The van der Waals surface area contributed by atoms with Gasteiger partial charge in [-0.15, -0.1) is 0 Å². The molecule has 0 aromatic carbocycles. The van der Waals surface area contributed by atoms with Crippen LogP contribution < -0.4 is 0 Å². The summed E-state index contributed by atoms with van der Waals surface area (Å²) in [6, 6.07) is 0. The van der Waals surface area contributed by atoms with Gasteiger partial charge in [-0.1, -0.05) is 47.5 Å². The molecule has 9 atom stereocenters. The molecule has 0 saturated heterocycles. The fourth-order valence-corrected chi connectivity index (χ4v) is 7.64. The summed E-state index contributed by atoms with van der Waals surface area (Å²) in [6.45, 7) is 14.9. The molecule has 0 spiro atoms. The molecule has 0 aromatic heterocycles. The molecule has 0 radical (unpaired) electrons. The van der Waals surface area contributed by atoms with Crippen molar-refractivity contribution < 1.29 is 29.6 Å². The number of rotatable bonds is 9. The van der Waals surface area contributed by atoms with Crippen molar-refractivity contribution in [3.8, 4) is 0 Å². The maximum atomic E-state index is 14.1. The Kier molecular flexibility index (Phi) is 8.84. The zero-order valence-electron chi connectivity index (χ0n) is 23.5. The van der Waals surface area contributed by atoms with Crippen LogP contribution in [-0.4, -0.2) is 51.5 Å². The number of hydrogen-bond acceptors (Lipinski definition) is 6. The topological polar surface area (TPSA) is 104 Å². The van der Waals surface area contributed by atoms with E-state index in [9.17, 15) is 24.9 Å². The van der Waals surface area contributed by atoms with Crippen LogP contribution >= 0.6 is 0 Å². The molecule has 6 nitrogen and oxygen atoms in total. The third kappa shape index (κ3) is 5.19. The van der Waals surface area contributed by atoms with Crippen molar-refractivity contribution in [1.82, 2.24) is 0 Å². The van der Waals surface area contributed by atoms with Crippen LogP contribution in [0.1, 0.15) is 99.8 Å². The lowest BCUT2D eigenvalue weighted by Gasteiger charge is -2.54. The van der Waals surface area contributed by atoms with E-state index in [2.05, 4.69) is 34.6 Å². The van der Waals surface area contributed by atoms with Crippen molar-refractivity contribution in [3.63, 3.8) is 0 Å². The summed E-state index contributed by atoms with van der Waals surface area (Å²) >= 11 is 0. The van der Waals surface area contributed by atoms with Gasteiger partial charge in [0.2, 0.25) is 0 Å². The van der Waals surface area contributed by atoms with Gasteiger partial charge in [-0.2, -0.15) is 0 Å². The highest BCUT2D eigenvalue weighted by Crippen LogP contribution is 2.60. The van der Waals surface area contributed by atoms with Gasteiger partial charge in [0.25, 0.3) is 0 Å². The summed E-state index contributed by atoms with van der Waals surface area (Å²) < 4.78 is 5.38. The Morgan fingerprint density at radius 2 is 1.78 bits per heavy atom. The van der Waals surface area contributed by atoms with Crippen LogP contribution in [0.25, 0.3) is 0 Å². The quantitative estimate of drug-likeness (QED) is 0.387. The molecule has 3 N–H and O–H groups in total. The summed E-state index contributed by atoms with van der Waals surface area (Å²) in [5, 5.41) is 32.8. The summed E-state index contributed by atoms with van der Waals surface area (Å²) in [5.74, 6) is 1.65. The lowest BCUT2D eigenvalue weighted by molar-refractivity contribution is -0.191. The number of ether oxygens (including phenoxy) is 1. The first kappa shape index (κ1) is 29.3. The fraction of sp³-hybridized carbons (Fsp3) is 0.867. The Hall–Kier alpha value is -1.24. The van der Waals surface area contributed by atoms with Crippen molar-refractivity contribution >= 4 is 11.8 Å².